The Kier molecular flexibility index (Phi) is 4.80. The quantitative estimate of drug-likeness (QED) is 0.315. The molecule has 0 amide bonds. The lowest BCUT2D eigenvalue weighted by atomic mass is 10.2. The zero-order valence-corrected chi connectivity index (χ0v) is 14.2. The summed E-state index contributed by atoms with van der Waals surface area (Å²) >= 11 is 5.17. The van der Waals surface area contributed by atoms with Gasteiger partial charge in [0.05, 0.1) is 16.9 Å². The number of anilines is 2. The van der Waals surface area contributed by atoms with Gasteiger partial charge >= 0.3 is 5.96 Å². The maximum atomic E-state index is 12.9. The molecule has 0 unspecified atom stereocenters. The second kappa shape index (κ2) is 7.18. The van der Waals surface area contributed by atoms with Gasteiger partial charge in [0.2, 0.25) is 0 Å². The van der Waals surface area contributed by atoms with Gasteiger partial charge in [-0.1, -0.05) is 18.2 Å². The summed E-state index contributed by atoms with van der Waals surface area (Å²) in [7, 11) is 0. The molecule has 1 heterocycles. The molecule has 0 atom stereocenters. The molecular weight excluding hydrogens is 339 g/mol. The summed E-state index contributed by atoms with van der Waals surface area (Å²) in [6.07, 6.45) is 0. The van der Waals surface area contributed by atoms with Gasteiger partial charge in [-0.3, -0.25) is 5.32 Å². The van der Waals surface area contributed by atoms with Crippen LogP contribution in [0.5, 0.6) is 0 Å². The summed E-state index contributed by atoms with van der Waals surface area (Å²) in [5.74, 6) is 0.223. The lowest BCUT2D eigenvalue weighted by Crippen LogP contribution is -2.82. The summed E-state index contributed by atoms with van der Waals surface area (Å²) in [5.41, 5.74) is 8.21. The molecule has 0 radical (unpaired) electrons. The van der Waals surface area contributed by atoms with E-state index in [0.717, 1.165) is 16.6 Å². The number of nitrogens with zero attached hydrogens (tertiary/aromatic N) is 2. The molecule has 3 aromatic rings. The number of aromatic nitrogens is 2. The lowest BCUT2D eigenvalue weighted by molar-refractivity contribution is -0.311. The van der Waals surface area contributed by atoms with Crippen LogP contribution in [0, 0.1) is 12.7 Å². The SMILES string of the molecule is Cc1nc(NC(N)=[NH+]C(=S)Nc2ccc(F)cc2)nc2ccccc12. The van der Waals surface area contributed by atoms with Gasteiger partial charge in [0.25, 0.3) is 11.1 Å². The molecule has 0 aliphatic carbocycles. The van der Waals surface area contributed by atoms with Crippen molar-refractivity contribution in [3.8, 4) is 0 Å². The Morgan fingerprint density at radius 1 is 1.08 bits per heavy atom. The van der Waals surface area contributed by atoms with Gasteiger partial charge in [0.15, 0.2) is 0 Å². The van der Waals surface area contributed by atoms with Crippen LogP contribution >= 0.6 is 12.2 Å². The summed E-state index contributed by atoms with van der Waals surface area (Å²) in [5, 5.41) is 7.01. The predicted octanol–water partition coefficient (Wildman–Crippen LogP) is 1.28. The molecule has 3 rings (SSSR count). The Hall–Kier alpha value is -3.13. The third-order valence-corrected chi connectivity index (χ3v) is 3.59. The minimum Gasteiger partial charge on any atom is -0.310 e. The van der Waals surface area contributed by atoms with Crippen molar-refractivity contribution < 1.29 is 9.38 Å². The number of hydrogen-bond acceptors (Lipinski definition) is 3. The maximum absolute atomic E-state index is 12.9. The van der Waals surface area contributed by atoms with Crippen LogP contribution in [0.15, 0.2) is 48.5 Å². The number of nitrogens with two attached hydrogens (primary N) is 1. The van der Waals surface area contributed by atoms with Gasteiger partial charge in [-0.25, -0.2) is 24.7 Å². The fraction of sp³-hybridized carbons (Fsp3) is 0.0588. The highest BCUT2D eigenvalue weighted by Gasteiger charge is 2.09. The molecule has 0 fully saturated rings. The molecule has 0 saturated carbocycles. The van der Waals surface area contributed by atoms with Crippen LogP contribution in [0.2, 0.25) is 0 Å². The Morgan fingerprint density at radius 2 is 1.80 bits per heavy atom. The molecule has 25 heavy (non-hydrogen) atoms. The predicted molar refractivity (Wildman–Crippen MR) is 101 cm³/mol. The van der Waals surface area contributed by atoms with Crippen molar-refractivity contribution in [1.82, 2.24) is 9.97 Å². The third kappa shape index (κ3) is 4.24. The van der Waals surface area contributed by atoms with Crippen molar-refractivity contribution in [2.75, 3.05) is 10.6 Å². The van der Waals surface area contributed by atoms with Gasteiger partial charge < -0.3 is 5.73 Å². The first-order valence-corrected chi connectivity index (χ1v) is 7.88. The fourth-order valence-electron chi connectivity index (χ4n) is 2.26. The molecule has 0 aliphatic rings. The molecule has 2 aromatic carbocycles. The maximum Gasteiger partial charge on any atom is 0.312 e. The zero-order chi connectivity index (χ0) is 17.8. The molecule has 6 nitrogen and oxygen atoms in total. The first-order valence-electron chi connectivity index (χ1n) is 7.47. The van der Waals surface area contributed by atoms with Crippen molar-refractivity contribution in [3.05, 3.63) is 60.0 Å². The number of guanidine groups is 1. The first-order chi connectivity index (χ1) is 12.0. The van der Waals surface area contributed by atoms with E-state index in [1.54, 1.807) is 12.1 Å². The van der Waals surface area contributed by atoms with Gasteiger partial charge in [-0.15, -0.1) is 0 Å². The molecule has 126 valence electrons. The minimum absolute atomic E-state index is 0.175. The number of benzene rings is 2. The summed E-state index contributed by atoms with van der Waals surface area (Å²) in [6, 6.07) is 13.5. The number of para-hydroxylation sites is 1. The monoisotopic (exact) mass is 355 g/mol. The number of hydrogen-bond donors (Lipinski definition) is 4. The number of rotatable bonds is 2. The van der Waals surface area contributed by atoms with E-state index < -0.39 is 0 Å². The number of fused-ring (bicyclic) bond motifs is 1. The van der Waals surface area contributed by atoms with Crippen LogP contribution in [-0.2, 0) is 0 Å². The van der Waals surface area contributed by atoms with E-state index in [1.807, 2.05) is 31.2 Å². The molecule has 0 saturated heterocycles. The topological polar surface area (TPSA) is 89.8 Å². The van der Waals surface area contributed by atoms with E-state index in [1.165, 1.54) is 12.1 Å². The van der Waals surface area contributed by atoms with Gasteiger partial charge in [0.1, 0.15) is 5.82 Å². The Morgan fingerprint density at radius 3 is 2.56 bits per heavy atom. The Balaban J connectivity index is 1.72. The smallest absolute Gasteiger partial charge is 0.310 e. The van der Waals surface area contributed by atoms with E-state index >= 15 is 0 Å². The van der Waals surface area contributed by atoms with Crippen LogP contribution in [-0.4, -0.2) is 21.0 Å². The van der Waals surface area contributed by atoms with Gasteiger partial charge in [-0.2, -0.15) is 0 Å². The third-order valence-electron chi connectivity index (χ3n) is 3.39. The molecule has 8 heteroatoms. The highest BCUT2D eigenvalue weighted by atomic mass is 32.1. The first kappa shape index (κ1) is 16.7. The summed E-state index contributed by atoms with van der Waals surface area (Å²) in [6.45, 7) is 1.90. The highest BCUT2D eigenvalue weighted by molar-refractivity contribution is 7.80. The van der Waals surface area contributed by atoms with Crippen molar-refractivity contribution in [2.24, 2.45) is 5.73 Å². The normalized spacial score (nSPS) is 11.4. The average molecular weight is 355 g/mol. The molecular formula is C17H16FN6S+. The van der Waals surface area contributed by atoms with E-state index in [2.05, 4.69) is 25.6 Å². The van der Waals surface area contributed by atoms with E-state index in [0.29, 0.717) is 11.6 Å². The van der Waals surface area contributed by atoms with E-state index in [4.69, 9.17) is 18.0 Å². The van der Waals surface area contributed by atoms with Gasteiger partial charge in [0, 0.05) is 5.39 Å². The summed E-state index contributed by atoms with van der Waals surface area (Å²) in [4.78, 5) is 11.6. The highest BCUT2D eigenvalue weighted by Crippen LogP contribution is 2.16. The second-order valence-electron chi connectivity index (χ2n) is 5.27. The molecule has 0 spiro atoms. The van der Waals surface area contributed by atoms with Crippen LogP contribution in [0.4, 0.5) is 16.0 Å². The lowest BCUT2D eigenvalue weighted by Gasteiger charge is -2.05. The molecule has 5 N–H and O–H groups in total. The van der Waals surface area contributed by atoms with Crippen LogP contribution < -0.4 is 21.4 Å². The van der Waals surface area contributed by atoms with Crippen molar-refractivity contribution in [1.29, 1.82) is 0 Å². The van der Waals surface area contributed by atoms with Crippen LogP contribution in [0.1, 0.15) is 5.69 Å². The Labute approximate surface area is 149 Å². The molecule has 0 bridgehead atoms. The van der Waals surface area contributed by atoms with Gasteiger partial charge in [-0.05, 0) is 49.5 Å². The fourth-order valence-corrected chi connectivity index (χ4v) is 2.49. The standard InChI is InChI=1S/C17H15FN6S/c1-10-13-4-2-3-5-14(13)22-16(20-10)23-15(19)24-17(25)21-12-8-6-11(18)7-9-12/h2-9H,1H3,(H4,19,20,21,22,23,24,25)/p+1. The number of nitrogens with one attached hydrogen (secondary N) is 3. The summed E-state index contributed by atoms with van der Waals surface area (Å²) < 4.78 is 12.9. The van der Waals surface area contributed by atoms with Crippen LogP contribution in [0.25, 0.3) is 10.9 Å². The average Bonchev–Trinajstić information content (AvgIpc) is 2.57. The zero-order valence-electron chi connectivity index (χ0n) is 13.4. The van der Waals surface area contributed by atoms with Crippen LogP contribution in [0.3, 0.4) is 0 Å². The van der Waals surface area contributed by atoms with E-state index in [9.17, 15) is 4.39 Å². The number of aryl methyl sites for hydroxylation is 1. The van der Waals surface area contributed by atoms with E-state index in [-0.39, 0.29) is 16.9 Å². The molecule has 0 aliphatic heterocycles. The largest absolute Gasteiger partial charge is 0.312 e. The minimum atomic E-state index is -0.319. The van der Waals surface area contributed by atoms with Crippen molar-refractivity contribution >= 4 is 45.8 Å². The second-order valence-corrected chi connectivity index (χ2v) is 5.68. The number of thiocarbonyl (C=S) groups is 1. The molecule has 1 aromatic heterocycles. The van der Waals surface area contributed by atoms with Crippen molar-refractivity contribution in [3.63, 3.8) is 0 Å². The number of halogens is 1. The van der Waals surface area contributed by atoms with Crippen molar-refractivity contribution in [2.45, 2.75) is 6.92 Å². The Bertz CT molecular complexity index is 955.